The summed E-state index contributed by atoms with van der Waals surface area (Å²) in [7, 11) is 0. The molecule has 0 amide bonds. The molecule has 0 aliphatic carbocycles. The van der Waals surface area contributed by atoms with Crippen molar-refractivity contribution < 1.29 is 38.0 Å². The van der Waals surface area contributed by atoms with E-state index in [4.69, 9.17) is 28.4 Å². The highest BCUT2D eigenvalue weighted by molar-refractivity contribution is 5.88. The average Bonchev–Trinajstić information content (AvgIpc) is 2.67. The third-order valence-corrected chi connectivity index (χ3v) is 3.49. The van der Waals surface area contributed by atoms with Crippen molar-refractivity contribution >= 4 is 12.6 Å². The van der Waals surface area contributed by atoms with Gasteiger partial charge in [-0.25, -0.2) is 0 Å². The van der Waals surface area contributed by atoms with Crippen LogP contribution in [0.2, 0.25) is 0 Å². The van der Waals surface area contributed by atoms with Crippen molar-refractivity contribution in [2.24, 2.45) is 0 Å². The van der Waals surface area contributed by atoms with Gasteiger partial charge in [0.25, 0.3) is 0 Å². The Kier molecular flexibility index (Phi) is 9.66. The van der Waals surface area contributed by atoms with E-state index in [0.29, 0.717) is 76.6 Å². The van der Waals surface area contributed by atoms with Gasteiger partial charge in [0.15, 0.2) is 24.1 Å². The number of benzene rings is 1. The van der Waals surface area contributed by atoms with Crippen molar-refractivity contribution in [1.82, 2.24) is 0 Å². The van der Waals surface area contributed by atoms with Crippen LogP contribution >= 0.6 is 0 Å². The van der Waals surface area contributed by atoms with Crippen molar-refractivity contribution in [2.45, 2.75) is 0 Å². The van der Waals surface area contributed by atoms with Gasteiger partial charge in [-0.3, -0.25) is 9.59 Å². The third-order valence-electron chi connectivity index (χ3n) is 3.49. The summed E-state index contributed by atoms with van der Waals surface area (Å²) in [6.45, 7) is 3.77. The van der Waals surface area contributed by atoms with Gasteiger partial charge in [-0.15, -0.1) is 0 Å². The standard InChI is InChI=1S/C18H24O8/c19-13-15-1-2-16(14-20)18-17(15)25-11-9-23-7-5-21-3-4-22-6-8-24-10-12-26-18/h1-2,13-14H,3-12H2. The molecular formula is C18H24O8. The molecule has 0 bridgehead atoms. The van der Waals surface area contributed by atoms with Gasteiger partial charge < -0.3 is 28.4 Å². The number of carbonyl (C=O) groups excluding carboxylic acids is 2. The molecule has 0 radical (unpaired) electrons. The second-order valence-corrected chi connectivity index (χ2v) is 5.28. The molecule has 1 aliphatic rings. The molecule has 26 heavy (non-hydrogen) atoms. The van der Waals surface area contributed by atoms with Crippen LogP contribution in [0.25, 0.3) is 0 Å². The van der Waals surface area contributed by atoms with Gasteiger partial charge in [-0.1, -0.05) is 0 Å². The number of fused-ring (bicyclic) bond motifs is 1. The van der Waals surface area contributed by atoms with Gasteiger partial charge in [-0.05, 0) is 12.1 Å². The monoisotopic (exact) mass is 368 g/mol. The largest absolute Gasteiger partial charge is 0.487 e. The number of carbonyl (C=O) groups is 2. The van der Waals surface area contributed by atoms with E-state index in [-0.39, 0.29) is 24.7 Å². The Morgan fingerprint density at radius 2 is 0.846 bits per heavy atom. The van der Waals surface area contributed by atoms with Gasteiger partial charge in [0.2, 0.25) is 0 Å². The lowest BCUT2D eigenvalue weighted by Gasteiger charge is -2.16. The highest BCUT2D eigenvalue weighted by Gasteiger charge is 2.16. The van der Waals surface area contributed by atoms with Crippen molar-refractivity contribution in [3.63, 3.8) is 0 Å². The van der Waals surface area contributed by atoms with Gasteiger partial charge >= 0.3 is 0 Å². The fraction of sp³-hybridized carbons (Fsp3) is 0.556. The Morgan fingerprint density at radius 1 is 0.538 bits per heavy atom. The number of rotatable bonds is 2. The molecule has 2 rings (SSSR count). The van der Waals surface area contributed by atoms with E-state index in [1.165, 1.54) is 12.1 Å². The maximum Gasteiger partial charge on any atom is 0.172 e. The molecule has 0 unspecified atom stereocenters. The molecule has 0 aromatic heterocycles. The first-order valence-corrected chi connectivity index (χ1v) is 8.50. The molecule has 0 saturated heterocycles. The summed E-state index contributed by atoms with van der Waals surface area (Å²) in [6, 6.07) is 3.04. The average molecular weight is 368 g/mol. The molecule has 0 atom stereocenters. The van der Waals surface area contributed by atoms with Gasteiger partial charge in [0.05, 0.1) is 64.0 Å². The van der Waals surface area contributed by atoms with Crippen LogP contribution in [0.1, 0.15) is 20.7 Å². The number of hydrogen-bond donors (Lipinski definition) is 0. The zero-order chi connectivity index (χ0) is 18.5. The summed E-state index contributed by atoms with van der Waals surface area (Å²) < 4.78 is 32.9. The Balaban J connectivity index is 2.05. The number of ether oxygens (including phenoxy) is 6. The Hall–Kier alpha value is -2.00. The minimum Gasteiger partial charge on any atom is -0.487 e. The minimum absolute atomic E-state index is 0.207. The normalized spacial score (nSPS) is 18.3. The second-order valence-electron chi connectivity index (χ2n) is 5.28. The molecule has 1 aliphatic heterocycles. The van der Waals surface area contributed by atoms with Crippen molar-refractivity contribution in [3.8, 4) is 11.5 Å². The summed E-state index contributed by atoms with van der Waals surface area (Å²) in [5.74, 6) is 0.461. The molecule has 0 saturated carbocycles. The lowest BCUT2D eigenvalue weighted by atomic mass is 10.1. The van der Waals surface area contributed by atoms with E-state index < -0.39 is 0 Å². The lowest BCUT2D eigenvalue weighted by molar-refractivity contribution is -0.00846. The molecule has 1 heterocycles. The summed E-state index contributed by atoms with van der Waals surface area (Å²) in [5.41, 5.74) is 0.607. The van der Waals surface area contributed by atoms with E-state index in [1.54, 1.807) is 0 Å². The van der Waals surface area contributed by atoms with Crippen LogP contribution in [0.15, 0.2) is 12.1 Å². The van der Waals surface area contributed by atoms with Crippen LogP contribution in [0, 0.1) is 0 Å². The molecular weight excluding hydrogens is 344 g/mol. The van der Waals surface area contributed by atoms with Crippen molar-refractivity contribution in [2.75, 3.05) is 66.1 Å². The first-order valence-electron chi connectivity index (χ1n) is 8.50. The summed E-state index contributed by atoms with van der Waals surface area (Å²) in [6.07, 6.45) is 1.32. The maximum absolute atomic E-state index is 11.3. The highest BCUT2D eigenvalue weighted by Crippen LogP contribution is 2.33. The van der Waals surface area contributed by atoms with Crippen molar-refractivity contribution in [1.29, 1.82) is 0 Å². The smallest absolute Gasteiger partial charge is 0.172 e. The topological polar surface area (TPSA) is 89.5 Å². The van der Waals surface area contributed by atoms with E-state index in [1.807, 2.05) is 0 Å². The Bertz CT molecular complexity index is 511. The summed E-state index contributed by atoms with van der Waals surface area (Å²) in [4.78, 5) is 22.6. The number of aldehydes is 2. The van der Waals surface area contributed by atoms with Gasteiger partial charge in [-0.2, -0.15) is 0 Å². The number of hydrogen-bond acceptors (Lipinski definition) is 8. The lowest BCUT2D eigenvalue weighted by Crippen LogP contribution is -2.16. The maximum atomic E-state index is 11.3. The molecule has 144 valence electrons. The quantitative estimate of drug-likeness (QED) is 0.718. The fourth-order valence-electron chi connectivity index (χ4n) is 2.24. The fourth-order valence-corrected chi connectivity index (χ4v) is 2.24. The van der Waals surface area contributed by atoms with Crippen LogP contribution in [-0.4, -0.2) is 78.6 Å². The molecule has 0 N–H and O–H groups in total. The molecule has 8 nitrogen and oxygen atoms in total. The highest BCUT2D eigenvalue weighted by atomic mass is 16.6. The van der Waals surface area contributed by atoms with E-state index in [9.17, 15) is 9.59 Å². The third kappa shape index (κ3) is 6.72. The van der Waals surface area contributed by atoms with Crippen LogP contribution in [-0.2, 0) is 18.9 Å². The van der Waals surface area contributed by atoms with Crippen LogP contribution in [0.3, 0.4) is 0 Å². The minimum atomic E-state index is 0.207. The zero-order valence-corrected chi connectivity index (χ0v) is 14.6. The zero-order valence-electron chi connectivity index (χ0n) is 14.6. The predicted octanol–water partition coefficient (Wildman–Crippen LogP) is 1.15. The predicted molar refractivity (Wildman–Crippen MR) is 91.5 cm³/mol. The summed E-state index contributed by atoms with van der Waals surface area (Å²) in [5, 5.41) is 0. The Labute approximate surface area is 152 Å². The van der Waals surface area contributed by atoms with Crippen LogP contribution in [0.4, 0.5) is 0 Å². The van der Waals surface area contributed by atoms with Gasteiger partial charge in [0, 0.05) is 0 Å². The Morgan fingerprint density at radius 3 is 1.15 bits per heavy atom. The SMILES string of the molecule is O=Cc1ccc(C=O)c2c1OCCOCCOCCOCCOCCO2. The molecule has 1 aromatic carbocycles. The van der Waals surface area contributed by atoms with Crippen LogP contribution < -0.4 is 9.47 Å². The molecule has 0 fully saturated rings. The van der Waals surface area contributed by atoms with Gasteiger partial charge in [0.1, 0.15) is 13.2 Å². The first kappa shape index (κ1) is 20.3. The molecule has 0 spiro atoms. The van der Waals surface area contributed by atoms with E-state index in [2.05, 4.69) is 0 Å². The van der Waals surface area contributed by atoms with Crippen molar-refractivity contribution in [3.05, 3.63) is 23.3 Å². The first-order chi connectivity index (χ1) is 12.9. The second kappa shape index (κ2) is 12.4. The van der Waals surface area contributed by atoms with Crippen LogP contribution in [0.5, 0.6) is 11.5 Å². The molecule has 1 aromatic rings. The summed E-state index contributed by atoms with van der Waals surface area (Å²) >= 11 is 0. The van der Waals surface area contributed by atoms with E-state index >= 15 is 0 Å². The van der Waals surface area contributed by atoms with E-state index in [0.717, 1.165) is 0 Å². The molecule has 8 heteroatoms.